The van der Waals surface area contributed by atoms with Crippen LogP contribution in [-0.4, -0.2) is 47.4 Å². The van der Waals surface area contributed by atoms with Gasteiger partial charge in [-0.3, -0.25) is 9.59 Å². The molecule has 0 saturated carbocycles. The number of nitrogens with one attached hydrogen (secondary N) is 1. The van der Waals surface area contributed by atoms with E-state index in [0.29, 0.717) is 19.4 Å². The Hall–Kier alpha value is -1.92. The number of aliphatic hydroxyl groups is 2. The third-order valence-corrected chi connectivity index (χ3v) is 18.2. The Kier molecular flexibility index (Phi) is 72.9. The molecule has 85 heavy (non-hydrogen) atoms. The summed E-state index contributed by atoms with van der Waals surface area (Å²) in [6.45, 7) is 4.92. The highest BCUT2D eigenvalue weighted by Crippen LogP contribution is 2.20. The number of allylic oxidation sites excluding steroid dienone is 5. The van der Waals surface area contributed by atoms with Crippen LogP contribution in [0.5, 0.6) is 0 Å². The van der Waals surface area contributed by atoms with Crippen LogP contribution >= 0.6 is 0 Å². The maximum Gasteiger partial charge on any atom is 0.305 e. The zero-order valence-corrected chi connectivity index (χ0v) is 57.6. The zero-order valence-electron chi connectivity index (χ0n) is 57.6. The Morgan fingerprint density at radius 1 is 0.329 bits per heavy atom. The van der Waals surface area contributed by atoms with Gasteiger partial charge in [-0.05, 0) is 64.2 Å². The average Bonchev–Trinajstić information content (AvgIpc) is 3.51. The van der Waals surface area contributed by atoms with Gasteiger partial charge in [-0.2, -0.15) is 0 Å². The number of esters is 1. The van der Waals surface area contributed by atoms with Gasteiger partial charge in [0.25, 0.3) is 0 Å². The molecule has 0 fully saturated rings. The number of unbranched alkanes of at least 4 members (excludes halogenated alkanes) is 58. The lowest BCUT2D eigenvalue weighted by Gasteiger charge is -2.20. The number of carbonyl (C=O) groups is 2. The summed E-state index contributed by atoms with van der Waals surface area (Å²) in [7, 11) is 0. The van der Waals surface area contributed by atoms with Crippen LogP contribution in [0.15, 0.2) is 36.5 Å². The fourth-order valence-electron chi connectivity index (χ4n) is 12.3. The van der Waals surface area contributed by atoms with Crippen LogP contribution in [0.2, 0.25) is 0 Å². The molecule has 2 unspecified atom stereocenters. The van der Waals surface area contributed by atoms with Crippen LogP contribution < -0.4 is 5.32 Å². The monoisotopic (exact) mass is 1190 g/mol. The predicted octanol–water partition coefficient (Wildman–Crippen LogP) is 25.4. The molecule has 0 aliphatic carbocycles. The minimum atomic E-state index is -0.843. The SMILES string of the molecule is CCCCC/C=C\C/C=C\CCCCCCCCCC(=O)OCCCCCCCCCCCCCCCCCCCCCCCCCCCCCCCC(=O)NC(CO)C(O)/C=C/CCCCCCCCCCCCCCCCCCCCCC. The maximum atomic E-state index is 12.5. The topological polar surface area (TPSA) is 95.9 Å². The van der Waals surface area contributed by atoms with Gasteiger partial charge >= 0.3 is 5.97 Å². The molecule has 3 N–H and O–H groups in total. The number of carbonyl (C=O) groups excluding carboxylic acids is 2. The first kappa shape index (κ1) is 83.1. The first-order chi connectivity index (χ1) is 42.0. The molecule has 6 heteroatoms. The van der Waals surface area contributed by atoms with Gasteiger partial charge in [-0.1, -0.05) is 391 Å². The van der Waals surface area contributed by atoms with E-state index in [0.717, 1.165) is 51.4 Å². The molecule has 0 aliphatic heterocycles. The predicted molar refractivity (Wildman–Crippen MR) is 375 cm³/mol. The van der Waals surface area contributed by atoms with Gasteiger partial charge in [0.05, 0.1) is 25.4 Å². The lowest BCUT2D eigenvalue weighted by molar-refractivity contribution is -0.143. The molecular weight excluding hydrogens is 1040 g/mol. The van der Waals surface area contributed by atoms with Gasteiger partial charge in [-0.25, -0.2) is 0 Å². The van der Waals surface area contributed by atoms with E-state index in [1.54, 1.807) is 6.08 Å². The minimum Gasteiger partial charge on any atom is -0.466 e. The first-order valence-corrected chi connectivity index (χ1v) is 38.8. The molecule has 502 valence electrons. The van der Waals surface area contributed by atoms with Crippen molar-refractivity contribution in [2.45, 2.75) is 443 Å². The van der Waals surface area contributed by atoms with Gasteiger partial charge in [0.15, 0.2) is 0 Å². The molecule has 0 saturated heterocycles. The van der Waals surface area contributed by atoms with Crippen LogP contribution in [0.3, 0.4) is 0 Å². The van der Waals surface area contributed by atoms with E-state index in [2.05, 4.69) is 43.5 Å². The van der Waals surface area contributed by atoms with Crippen molar-refractivity contribution in [3.05, 3.63) is 36.5 Å². The first-order valence-electron chi connectivity index (χ1n) is 38.8. The van der Waals surface area contributed by atoms with E-state index >= 15 is 0 Å². The van der Waals surface area contributed by atoms with E-state index < -0.39 is 12.1 Å². The molecule has 0 rings (SSSR count). The lowest BCUT2D eigenvalue weighted by atomic mass is 10.0. The summed E-state index contributed by atoms with van der Waals surface area (Å²) in [4.78, 5) is 24.6. The van der Waals surface area contributed by atoms with Crippen molar-refractivity contribution in [1.82, 2.24) is 5.32 Å². The molecule has 0 spiro atoms. The summed E-state index contributed by atoms with van der Waals surface area (Å²) in [6.07, 6.45) is 96.8. The van der Waals surface area contributed by atoms with E-state index in [-0.39, 0.29) is 18.5 Å². The standard InChI is InChI=1S/C79H151NO5/c1-3-5-7-9-11-13-15-17-19-21-22-23-33-36-40-43-47-51-55-59-63-67-71-77(82)76(75-81)80-78(83)72-68-64-60-56-52-48-44-41-37-34-31-29-27-25-24-26-28-30-32-35-38-42-46-50-54-58-62-66-70-74-85-79(84)73-69-65-61-57-53-49-45-39-20-18-16-14-12-10-8-6-4-2/h12,14,18,20,67,71,76-77,81-82H,3-11,13,15-17,19,21-66,68-70,72-75H2,1-2H3,(H,80,83)/b14-12-,20-18-,71-67+. The molecule has 0 radical (unpaired) electrons. The third kappa shape index (κ3) is 71.0. The molecule has 0 bridgehead atoms. The van der Waals surface area contributed by atoms with Crippen molar-refractivity contribution in [3.8, 4) is 0 Å². The van der Waals surface area contributed by atoms with Crippen molar-refractivity contribution in [3.63, 3.8) is 0 Å². The van der Waals surface area contributed by atoms with Gasteiger partial charge in [-0.15, -0.1) is 0 Å². The van der Waals surface area contributed by atoms with E-state index in [1.165, 1.54) is 353 Å². The van der Waals surface area contributed by atoms with Crippen molar-refractivity contribution >= 4 is 11.9 Å². The summed E-state index contributed by atoms with van der Waals surface area (Å²) >= 11 is 0. The lowest BCUT2D eigenvalue weighted by Crippen LogP contribution is -2.45. The number of hydrogen-bond acceptors (Lipinski definition) is 5. The Bertz CT molecular complexity index is 1380. The molecular formula is C79H151NO5. The Labute approximate surface area is 532 Å². The van der Waals surface area contributed by atoms with E-state index in [9.17, 15) is 19.8 Å². The molecule has 0 aromatic rings. The number of aliphatic hydroxyl groups excluding tert-OH is 2. The summed E-state index contributed by atoms with van der Waals surface area (Å²) in [5.74, 6) is -0.0479. The number of amides is 1. The van der Waals surface area contributed by atoms with Crippen LogP contribution in [-0.2, 0) is 14.3 Å². The summed E-state index contributed by atoms with van der Waals surface area (Å²) in [5.41, 5.74) is 0. The van der Waals surface area contributed by atoms with Crippen molar-refractivity contribution in [2.75, 3.05) is 13.2 Å². The van der Waals surface area contributed by atoms with Crippen LogP contribution in [0.4, 0.5) is 0 Å². The zero-order chi connectivity index (χ0) is 61.3. The second-order valence-corrected chi connectivity index (χ2v) is 26.7. The second-order valence-electron chi connectivity index (χ2n) is 26.7. The average molecular weight is 1200 g/mol. The van der Waals surface area contributed by atoms with Crippen LogP contribution in [0.1, 0.15) is 431 Å². The highest BCUT2D eigenvalue weighted by molar-refractivity contribution is 5.76. The molecule has 0 aromatic carbocycles. The number of hydrogen-bond donors (Lipinski definition) is 3. The normalized spacial score (nSPS) is 12.7. The molecule has 0 aromatic heterocycles. The fourth-order valence-corrected chi connectivity index (χ4v) is 12.3. The van der Waals surface area contributed by atoms with Gasteiger partial charge in [0.1, 0.15) is 0 Å². The Morgan fingerprint density at radius 2 is 0.588 bits per heavy atom. The second kappa shape index (κ2) is 74.5. The summed E-state index contributed by atoms with van der Waals surface area (Å²) in [6, 6.07) is -0.627. The van der Waals surface area contributed by atoms with Crippen molar-refractivity contribution in [2.24, 2.45) is 0 Å². The van der Waals surface area contributed by atoms with Crippen LogP contribution in [0.25, 0.3) is 0 Å². The maximum absolute atomic E-state index is 12.5. The van der Waals surface area contributed by atoms with E-state index in [1.807, 2.05) is 6.08 Å². The number of ether oxygens (including phenoxy) is 1. The fraction of sp³-hybridized carbons (Fsp3) is 0.899. The molecule has 1 amide bonds. The number of rotatable bonds is 73. The van der Waals surface area contributed by atoms with Gasteiger partial charge in [0, 0.05) is 12.8 Å². The van der Waals surface area contributed by atoms with Crippen molar-refractivity contribution in [1.29, 1.82) is 0 Å². The minimum absolute atomic E-state index is 0.0121. The largest absolute Gasteiger partial charge is 0.466 e. The Balaban J connectivity index is 3.36. The smallest absolute Gasteiger partial charge is 0.305 e. The Morgan fingerprint density at radius 3 is 0.918 bits per heavy atom. The summed E-state index contributed by atoms with van der Waals surface area (Å²) in [5, 5.41) is 23.3. The molecule has 0 heterocycles. The van der Waals surface area contributed by atoms with E-state index in [4.69, 9.17) is 4.74 Å². The summed E-state index contributed by atoms with van der Waals surface area (Å²) < 4.78 is 5.50. The quantitative estimate of drug-likeness (QED) is 0.0320. The molecule has 6 nitrogen and oxygen atoms in total. The van der Waals surface area contributed by atoms with Gasteiger partial charge < -0.3 is 20.3 Å². The van der Waals surface area contributed by atoms with Crippen LogP contribution in [0, 0.1) is 0 Å². The molecule has 0 aliphatic rings. The van der Waals surface area contributed by atoms with Crippen molar-refractivity contribution < 1.29 is 24.5 Å². The highest BCUT2D eigenvalue weighted by Gasteiger charge is 2.18. The molecule has 2 atom stereocenters. The highest BCUT2D eigenvalue weighted by atomic mass is 16.5. The third-order valence-electron chi connectivity index (χ3n) is 18.2. The van der Waals surface area contributed by atoms with Gasteiger partial charge in [0.2, 0.25) is 5.91 Å².